The number of Topliss-reactive ketones (excluding diaryl/α,β-unsaturated/α-hetero) is 1. The lowest BCUT2D eigenvalue weighted by atomic mass is 10.1. The van der Waals surface area contributed by atoms with E-state index in [1.165, 1.54) is 14.0 Å². The zero-order valence-corrected chi connectivity index (χ0v) is 8.61. The standard InChI is InChI=1S/C10H11ClO2/c1-6-4-5-8(11)9(7(2)12)10(6)13-3/h4-5H,1-3H3. The number of methoxy groups -OCH3 is 1. The first kappa shape index (κ1) is 10.1. The number of hydrogen-bond donors (Lipinski definition) is 0. The highest BCUT2D eigenvalue weighted by atomic mass is 35.5. The van der Waals surface area contributed by atoms with Crippen LogP contribution in [0, 0.1) is 6.92 Å². The second kappa shape index (κ2) is 3.79. The number of rotatable bonds is 2. The van der Waals surface area contributed by atoms with Gasteiger partial charge in [-0.1, -0.05) is 17.7 Å². The zero-order chi connectivity index (χ0) is 10.0. The molecule has 0 saturated carbocycles. The van der Waals surface area contributed by atoms with E-state index < -0.39 is 0 Å². The highest BCUT2D eigenvalue weighted by molar-refractivity contribution is 6.34. The van der Waals surface area contributed by atoms with E-state index >= 15 is 0 Å². The van der Waals surface area contributed by atoms with Crippen LogP contribution in [0.15, 0.2) is 12.1 Å². The Morgan fingerprint density at radius 1 is 1.46 bits per heavy atom. The molecule has 1 rings (SSSR count). The van der Waals surface area contributed by atoms with Gasteiger partial charge in [-0.25, -0.2) is 0 Å². The molecule has 0 radical (unpaired) electrons. The third-order valence-corrected chi connectivity index (χ3v) is 2.17. The van der Waals surface area contributed by atoms with Gasteiger partial charge in [-0.15, -0.1) is 0 Å². The summed E-state index contributed by atoms with van der Waals surface area (Å²) >= 11 is 5.87. The number of carbonyl (C=O) groups excluding carboxylic acids is 1. The zero-order valence-electron chi connectivity index (χ0n) is 7.85. The number of ether oxygens (including phenoxy) is 1. The first-order chi connectivity index (χ1) is 6.07. The fourth-order valence-corrected chi connectivity index (χ4v) is 1.54. The van der Waals surface area contributed by atoms with Crippen molar-refractivity contribution in [1.82, 2.24) is 0 Å². The van der Waals surface area contributed by atoms with Gasteiger partial charge in [-0.05, 0) is 25.5 Å². The van der Waals surface area contributed by atoms with Crippen LogP contribution in [0.25, 0.3) is 0 Å². The van der Waals surface area contributed by atoms with Gasteiger partial charge in [-0.3, -0.25) is 4.79 Å². The molecule has 0 bridgehead atoms. The Morgan fingerprint density at radius 3 is 2.46 bits per heavy atom. The van der Waals surface area contributed by atoms with Crippen molar-refractivity contribution in [3.63, 3.8) is 0 Å². The van der Waals surface area contributed by atoms with Crippen molar-refractivity contribution in [1.29, 1.82) is 0 Å². The number of halogens is 1. The van der Waals surface area contributed by atoms with Crippen LogP contribution >= 0.6 is 11.6 Å². The van der Waals surface area contributed by atoms with Crippen LogP contribution < -0.4 is 4.74 Å². The Bertz CT molecular complexity index is 345. The fourth-order valence-electron chi connectivity index (χ4n) is 1.25. The maximum atomic E-state index is 11.2. The van der Waals surface area contributed by atoms with Crippen LogP contribution in [-0.4, -0.2) is 12.9 Å². The van der Waals surface area contributed by atoms with E-state index in [1.54, 1.807) is 6.07 Å². The summed E-state index contributed by atoms with van der Waals surface area (Å²) < 4.78 is 5.11. The summed E-state index contributed by atoms with van der Waals surface area (Å²) in [5.74, 6) is 0.491. The summed E-state index contributed by atoms with van der Waals surface area (Å²) in [6, 6.07) is 3.53. The van der Waals surface area contributed by atoms with E-state index in [0.29, 0.717) is 16.3 Å². The van der Waals surface area contributed by atoms with Gasteiger partial charge in [0.15, 0.2) is 5.78 Å². The Hall–Kier alpha value is -1.02. The second-order valence-corrected chi connectivity index (χ2v) is 3.24. The molecule has 0 aliphatic heterocycles. The first-order valence-electron chi connectivity index (χ1n) is 3.92. The Morgan fingerprint density at radius 2 is 2.08 bits per heavy atom. The topological polar surface area (TPSA) is 26.3 Å². The first-order valence-corrected chi connectivity index (χ1v) is 4.29. The van der Waals surface area contributed by atoms with Crippen LogP contribution in [0.3, 0.4) is 0 Å². The van der Waals surface area contributed by atoms with Gasteiger partial charge in [0.1, 0.15) is 5.75 Å². The summed E-state index contributed by atoms with van der Waals surface area (Å²) in [5, 5.41) is 0.440. The number of carbonyl (C=O) groups is 1. The minimum Gasteiger partial charge on any atom is -0.496 e. The molecule has 0 spiro atoms. The molecular formula is C10H11ClO2. The third kappa shape index (κ3) is 1.83. The molecule has 0 aliphatic carbocycles. The van der Waals surface area contributed by atoms with Crippen LogP contribution in [0.4, 0.5) is 0 Å². The van der Waals surface area contributed by atoms with Gasteiger partial charge in [0, 0.05) is 0 Å². The lowest BCUT2D eigenvalue weighted by Crippen LogP contribution is -2.00. The third-order valence-electron chi connectivity index (χ3n) is 1.86. The molecule has 1 aromatic carbocycles. The molecule has 1 aromatic rings. The summed E-state index contributed by atoms with van der Waals surface area (Å²) in [7, 11) is 1.53. The van der Waals surface area contributed by atoms with Gasteiger partial charge >= 0.3 is 0 Å². The van der Waals surface area contributed by atoms with E-state index in [2.05, 4.69) is 0 Å². The van der Waals surface area contributed by atoms with E-state index in [0.717, 1.165) is 5.56 Å². The SMILES string of the molecule is COc1c(C)ccc(Cl)c1C(C)=O. The maximum Gasteiger partial charge on any atom is 0.165 e. The van der Waals surface area contributed by atoms with Crippen molar-refractivity contribution in [2.45, 2.75) is 13.8 Å². The molecule has 2 nitrogen and oxygen atoms in total. The molecule has 3 heteroatoms. The molecule has 0 N–H and O–H groups in total. The fraction of sp³-hybridized carbons (Fsp3) is 0.300. The van der Waals surface area contributed by atoms with E-state index in [1.807, 2.05) is 13.0 Å². The average molecular weight is 199 g/mol. The summed E-state index contributed by atoms with van der Waals surface area (Å²) in [5.41, 5.74) is 1.38. The Labute approximate surface area is 82.5 Å². The van der Waals surface area contributed by atoms with Crippen molar-refractivity contribution < 1.29 is 9.53 Å². The molecule has 0 atom stereocenters. The molecule has 70 valence electrons. The minimum absolute atomic E-state index is 0.0782. The predicted octanol–water partition coefficient (Wildman–Crippen LogP) is 2.86. The molecule has 0 fully saturated rings. The van der Waals surface area contributed by atoms with Gasteiger partial charge in [0.05, 0.1) is 17.7 Å². The monoisotopic (exact) mass is 198 g/mol. The Balaban J connectivity index is 3.43. The van der Waals surface area contributed by atoms with Crippen molar-refractivity contribution in [2.24, 2.45) is 0 Å². The van der Waals surface area contributed by atoms with Gasteiger partial charge < -0.3 is 4.74 Å². The van der Waals surface area contributed by atoms with Crippen molar-refractivity contribution in [2.75, 3.05) is 7.11 Å². The second-order valence-electron chi connectivity index (χ2n) is 2.83. The van der Waals surface area contributed by atoms with Crippen molar-refractivity contribution >= 4 is 17.4 Å². The molecule has 0 heterocycles. The normalized spacial score (nSPS) is 9.85. The van der Waals surface area contributed by atoms with Crippen LogP contribution in [-0.2, 0) is 0 Å². The van der Waals surface area contributed by atoms with E-state index in [-0.39, 0.29) is 5.78 Å². The van der Waals surface area contributed by atoms with E-state index in [4.69, 9.17) is 16.3 Å². The number of aryl methyl sites for hydroxylation is 1. The summed E-state index contributed by atoms with van der Waals surface area (Å²) in [6.45, 7) is 3.35. The summed E-state index contributed by atoms with van der Waals surface area (Å²) in [6.07, 6.45) is 0. The molecule has 0 aromatic heterocycles. The smallest absolute Gasteiger partial charge is 0.165 e. The van der Waals surface area contributed by atoms with Gasteiger partial charge in [-0.2, -0.15) is 0 Å². The van der Waals surface area contributed by atoms with Gasteiger partial charge in [0.25, 0.3) is 0 Å². The van der Waals surface area contributed by atoms with Crippen LogP contribution in [0.2, 0.25) is 5.02 Å². The molecular weight excluding hydrogens is 188 g/mol. The lowest BCUT2D eigenvalue weighted by molar-refractivity contribution is 0.101. The molecule has 0 unspecified atom stereocenters. The van der Waals surface area contributed by atoms with Gasteiger partial charge in [0.2, 0.25) is 0 Å². The summed E-state index contributed by atoms with van der Waals surface area (Å²) in [4.78, 5) is 11.2. The van der Waals surface area contributed by atoms with Crippen molar-refractivity contribution in [3.05, 3.63) is 28.3 Å². The molecule has 0 aliphatic rings. The predicted molar refractivity (Wildman–Crippen MR) is 52.7 cm³/mol. The maximum absolute atomic E-state index is 11.2. The lowest BCUT2D eigenvalue weighted by Gasteiger charge is -2.10. The highest BCUT2D eigenvalue weighted by Crippen LogP contribution is 2.30. The average Bonchev–Trinajstić information content (AvgIpc) is 2.07. The van der Waals surface area contributed by atoms with Crippen LogP contribution in [0.5, 0.6) is 5.75 Å². The number of ketones is 1. The minimum atomic E-state index is -0.0782. The number of hydrogen-bond acceptors (Lipinski definition) is 2. The highest BCUT2D eigenvalue weighted by Gasteiger charge is 2.14. The largest absolute Gasteiger partial charge is 0.496 e. The number of benzene rings is 1. The molecule has 0 amide bonds. The molecule has 13 heavy (non-hydrogen) atoms. The van der Waals surface area contributed by atoms with Crippen LogP contribution in [0.1, 0.15) is 22.8 Å². The Kier molecular flexibility index (Phi) is 2.94. The quantitative estimate of drug-likeness (QED) is 0.684. The molecule has 0 saturated heterocycles. The van der Waals surface area contributed by atoms with E-state index in [9.17, 15) is 4.79 Å². The van der Waals surface area contributed by atoms with Crippen molar-refractivity contribution in [3.8, 4) is 5.75 Å².